The van der Waals surface area contributed by atoms with Crippen molar-refractivity contribution in [3.8, 4) is 0 Å². The number of hydrogen-bond acceptors (Lipinski definition) is 4. The zero-order valence-electron chi connectivity index (χ0n) is 12.9. The second kappa shape index (κ2) is 5.61. The molecule has 1 N–H and O–H groups in total. The van der Waals surface area contributed by atoms with Gasteiger partial charge in [-0.1, -0.05) is 41.4 Å². The Bertz CT molecular complexity index is 804. The van der Waals surface area contributed by atoms with Crippen molar-refractivity contribution in [2.45, 2.75) is 19.1 Å². The zero-order chi connectivity index (χ0) is 16.8. The first-order valence-corrected chi connectivity index (χ1v) is 8.05. The molecule has 2 saturated heterocycles. The fourth-order valence-corrected chi connectivity index (χ4v) is 3.37. The molecule has 0 saturated carbocycles. The Hall–Kier alpha value is -2.37. The van der Waals surface area contributed by atoms with E-state index >= 15 is 0 Å². The van der Waals surface area contributed by atoms with E-state index in [0.29, 0.717) is 5.02 Å². The van der Waals surface area contributed by atoms with Crippen LogP contribution < -0.4 is 10.4 Å². The van der Waals surface area contributed by atoms with Gasteiger partial charge in [-0.05, 0) is 36.8 Å². The number of nitrogens with zero attached hydrogens (tertiary/aromatic N) is 1. The number of hydroxylamine groups is 1. The molecule has 2 aromatic carbocycles. The van der Waals surface area contributed by atoms with Crippen molar-refractivity contribution in [2.24, 2.45) is 5.92 Å². The summed E-state index contributed by atoms with van der Waals surface area (Å²) in [5.74, 6) is -1.28. The van der Waals surface area contributed by atoms with Gasteiger partial charge in [0.05, 0.1) is 11.7 Å². The summed E-state index contributed by atoms with van der Waals surface area (Å²) in [4.78, 5) is 30.2. The summed E-state index contributed by atoms with van der Waals surface area (Å²) in [6, 6.07) is 14.6. The quantitative estimate of drug-likeness (QED) is 0.853. The highest BCUT2D eigenvalue weighted by atomic mass is 35.5. The maximum Gasteiger partial charge on any atom is 0.259 e. The van der Waals surface area contributed by atoms with Crippen LogP contribution in [-0.2, 0) is 14.4 Å². The van der Waals surface area contributed by atoms with Crippen molar-refractivity contribution in [1.29, 1.82) is 0 Å². The molecule has 0 aliphatic carbocycles. The van der Waals surface area contributed by atoms with Crippen LogP contribution in [0.4, 0.5) is 5.69 Å². The van der Waals surface area contributed by atoms with Gasteiger partial charge in [-0.25, -0.2) is 5.06 Å². The van der Waals surface area contributed by atoms with Gasteiger partial charge in [-0.2, -0.15) is 0 Å². The third kappa shape index (κ3) is 2.37. The number of fused-ring (bicyclic) bond motifs is 1. The third-order valence-corrected chi connectivity index (χ3v) is 4.71. The number of carbonyl (C=O) groups excluding carboxylic acids is 2. The maximum atomic E-state index is 12.3. The lowest BCUT2D eigenvalue weighted by Gasteiger charge is -2.27. The predicted octanol–water partition coefficient (Wildman–Crippen LogP) is 2.78. The lowest BCUT2D eigenvalue weighted by Crippen LogP contribution is -2.33. The Balaban J connectivity index is 1.79. The van der Waals surface area contributed by atoms with Gasteiger partial charge in [0.15, 0.2) is 6.10 Å². The molecule has 5 nitrogen and oxygen atoms in total. The predicted molar refractivity (Wildman–Crippen MR) is 89.4 cm³/mol. The molecule has 2 aliphatic heterocycles. The number of amides is 2. The molecule has 122 valence electrons. The molecule has 3 atom stereocenters. The smallest absolute Gasteiger partial charge is 0.259 e. The average Bonchev–Trinajstić information content (AvgIpc) is 3.08. The summed E-state index contributed by atoms with van der Waals surface area (Å²) in [6.45, 7) is 2.00. The third-order valence-electron chi connectivity index (χ3n) is 4.45. The van der Waals surface area contributed by atoms with E-state index in [2.05, 4.69) is 5.32 Å². The molecule has 0 aromatic heterocycles. The summed E-state index contributed by atoms with van der Waals surface area (Å²) in [5, 5.41) is 4.63. The number of halogens is 1. The molecule has 2 heterocycles. The molecule has 2 aliphatic rings. The van der Waals surface area contributed by atoms with E-state index in [1.54, 1.807) is 17.2 Å². The Morgan fingerprint density at radius 2 is 1.67 bits per heavy atom. The molecular weight excluding hydrogens is 328 g/mol. The van der Waals surface area contributed by atoms with Gasteiger partial charge in [-0.15, -0.1) is 0 Å². The highest BCUT2D eigenvalue weighted by molar-refractivity contribution is 6.30. The van der Waals surface area contributed by atoms with Gasteiger partial charge in [-0.3, -0.25) is 19.7 Å². The van der Waals surface area contributed by atoms with E-state index in [1.165, 1.54) is 0 Å². The lowest BCUT2D eigenvalue weighted by atomic mass is 9.90. The van der Waals surface area contributed by atoms with Crippen LogP contribution in [-0.4, -0.2) is 17.9 Å². The minimum atomic E-state index is -0.806. The Morgan fingerprint density at radius 1 is 1.00 bits per heavy atom. The molecule has 0 spiro atoms. The van der Waals surface area contributed by atoms with E-state index < -0.39 is 17.9 Å². The molecule has 4 rings (SSSR count). The number of carbonyl (C=O) groups is 2. The molecule has 0 unspecified atom stereocenters. The van der Waals surface area contributed by atoms with Crippen molar-refractivity contribution in [2.75, 3.05) is 5.06 Å². The van der Waals surface area contributed by atoms with E-state index in [1.807, 2.05) is 43.3 Å². The first-order valence-electron chi connectivity index (χ1n) is 7.67. The molecule has 0 bridgehead atoms. The normalized spacial score (nSPS) is 25.8. The van der Waals surface area contributed by atoms with Gasteiger partial charge >= 0.3 is 0 Å². The second-order valence-corrected chi connectivity index (χ2v) is 6.50. The molecule has 24 heavy (non-hydrogen) atoms. The Labute approximate surface area is 144 Å². The van der Waals surface area contributed by atoms with Crippen molar-refractivity contribution < 1.29 is 14.4 Å². The van der Waals surface area contributed by atoms with E-state index in [-0.39, 0.29) is 11.9 Å². The van der Waals surface area contributed by atoms with E-state index in [9.17, 15) is 9.59 Å². The van der Waals surface area contributed by atoms with Crippen LogP contribution in [0.5, 0.6) is 0 Å². The van der Waals surface area contributed by atoms with Gasteiger partial charge < -0.3 is 0 Å². The molecular formula is C18H15ClN2O3. The Kier molecular flexibility index (Phi) is 3.55. The summed E-state index contributed by atoms with van der Waals surface area (Å²) < 4.78 is 0. The molecule has 2 amide bonds. The lowest BCUT2D eigenvalue weighted by molar-refractivity contribution is -0.129. The maximum absolute atomic E-state index is 12.3. The van der Waals surface area contributed by atoms with E-state index in [4.69, 9.17) is 16.4 Å². The minimum absolute atomic E-state index is 0.306. The minimum Gasteiger partial charge on any atom is -0.294 e. The van der Waals surface area contributed by atoms with Crippen molar-refractivity contribution >= 4 is 29.1 Å². The number of imide groups is 1. The second-order valence-electron chi connectivity index (χ2n) is 6.06. The number of nitrogens with one attached hydrogen (secondary N) is 1. The van der Waals surface area contributed by atoms with Crippen LogP contribution in [0.3, 0.4) is 0 Å². The summed E-state index contributed by atoms with van der Waals surface area (Å²) in [6.07, 6.45) is -0.806. The van der Waals surface area contributed by atoms with Gasteiger partial charge in [0, 0.05) is 5.02 Å². The zero-order valence-corrected chi connectivity index (χ0v) is 13.7. The topological polar surface area (TPSA) is 58.6 Å². The average molecular weight is 343 g/mol. The standard InChI is InChI=1S/C18H15ClN2O3/c1-10-2-8-13(9-3-10)21-15(11-4-6-12(19)7-5-11)14-16(24-21)18(23)20-17(14)22/h2-9,14-16H,1H3,(H,20,22,23)/t14-,15+,16+/m1/s1. The monoisotopic (exact) mass is 342 g/mol. The largest absolute Gasteiger partial charge is 0.294 e. The first kappa shape index (κ1) is 15.2. The van der Waals surface area contributed by atoms with Gasteiger partial charge in [0.25, 0.3) is 5.91 Å². The van der Waals surface area contributed by atoms with Crippen LogP contribution in [0.25, 0.3) is 0 Å². The van der Waals surface area contributed by atoms with Crippen LogP contribution in [0.2, 0.25) is 5.02 Å². The van der Waals surface area contributed by atoms with Crippen LogP contribution in [0, 0.1) is 12.8 Å². The van der Waals surface area contributed by atoms with E-state index in [0.717, 1.165) is 16.8 Å². The number of hydrogen-bond donors (Lipinski definition) is 1. The Morgan fingerprint density at radius 3 is 2.33 bits per heavy atom. The summed E-state index contributed by atoms with van der Waals surface area (Å²) in [5.41, 5.74) is 2.79. The first-order chi connectivity index (χ1) is 11.5. The number of anilines is 1. The fraction of sp³-hybridized carbons (Fsp3) is 0.222. The van der Waals surface area contributed by atoms with Crippen molar-refractivity contribution in [1.82, 2.24) is 5.32 Å². The van der Waals surface area contributed by atoms with Gasteiger partial charge in [0.1, 0.15) is 5.92 Å². The molecule has 2 fully saturated rings. The van der Waals surface area contributed by atoms with Gasteiger partial charge in [0.2, 0.25) is 5.91 Å². The fourth-order valence-electron chi connectivity index (χ4n) is 3.25. The highest BCUT2D eigenvalue weighted by Crippen LogP contribution is 2.44. The molecule has 2 aromatic rings. The van der Waals surface area contributed by atoms with Crippen LogP contribution in [0.1, 0.15) is 17.2 Å². The summed E-state index contributed by atoms with van der Waals surface area (Å²) in [7, 11) is 0. The number of benzene rings is 2. The molecule has 0 radical (unpaired) electrons. The van der Waals surface area contributed by atoms with Crippen molar-refractivity contribution in [3.05, 3.63) is 64.7 Å². The number of aryl methyl sites for hydroxylation is 1. The molecule has 6 heteroatoms. The SMILES string of the molecule is Cc1ccc(N2O[C@@H]3C(=O)NC(=O)[C@@H]3[C@@H]2c2ccc(Cl)cc2)cc1. The van der Waals surface area contributed by atoms with Crippen LogP contribution in [0.15, 0.2) is 48.5 Å². The highest BCUT2D eigenvalue weighted by Gasteiger charge is 2.56. The van der Waals surface area contributed by atoms with Crippen molar-refractivity contribution in [3.63, 3.8) is 0 Å². The van der Waals surface area contributed by atoms with Crippen LogP contribution >= 0.6 is 11.6 Å². The summed E-state index contributed by atoms with van der Waals surface area (Å²) >= 11 is 5.97. The number of rotatable bonds is 2.